The summed E-state index contributed by atoms with van der Waals surface area (Å²) in [5.41, 5.74) is 1.25. The highest BCUT2D eigenvalue weighted by Crippen LogP contribution is 2.21. The highest BCUT2D eigenvalue weighted by molar-refractivity contribution is 6.35. The van der Waals surface area contributed by atoms with Gasteiger partial charge < -0.3 is 5.32 Å². The molecule has 0 fully saturated rings. The maximum atomic E-state index is 12.1. The number of rotatable bonds is 5. The van der Waals surface area contributed by atoms with Crippen molar-refractivity contribution in [1.82, 2.24) is 19.6 Å². The smallest absolute Gasteiger partial charge is 0.277 e. The van der Waals surface area contributed by atoms with Gasteiger partial charge in [-0.25, -0.2) is 0 Å². The zero-order chi connectivity index (χ0) is 17.1. The van der Waals surface area contributed by atoms with Gasteiger partial charge >= 0.3 is 0 Å². The molecule has 2 aromatic heterocycles. The molecular formula is C16H15Cl2N5O. The quantitative estimate of drug-likeness (QED) is 0.751. The predicted octanol–water partition coefficient (Wildman–Crippen LogP) is 3.71. The highest BCUT2D eigenvalue weighted by Gasteiger charge is 2.11. The van der Waals surface area contributed by atoms with E-state index in [0.717, 1.165) is 5.56 Å². The van der Waals surface area contributed by atoms with E-state index in [1.165, 1.54) is 0 Å². The van der Waals surface area contributed by atoms with Crippen LogP contribution in [0.3, 0.4) is 0 Å². The van der Waals surface area contributed by atoms with Gasteiger partial charge in [0.25, 0.3) is 5.91 Å². The molecule has 6 nitrogen and oxygen atoms in total. The molecule has 0 atom stereocenters. The second kappa shape index (κ2) is 7.07. The molecule has 3 rings (SSSR count). The van der Waals surface area contributed by atoms with Gasteiger partial charge in [-0.05, 0) is 30.7 Å². The summed E-state index contributed by atoms with van der Waals surface area (Å²) in [4.78, 5) is 12.1. The lowest BCUT2D eigenvalue weighted by atomic mass is 10.2. The van der Waals surface area contributed by atoms with Gasteiger partial charge in [-0.1, -0.05) is 29.3 Å². The molecule has 0 spiro atoms. The SMILES string of the molecule is CCn1ccc(C(=O)Nc2ccn(Cc3ccc(Cl)cc3Cl)n2)n1. The van der Waals surface area contributed by atoms with E-state index >= 15 is 0 Å². The second-order valence-corrected chi connectivity index (χ2v) is 5.99. The van der Waals surface area contributed by atoms with Crippen LogP contribution in [0.5, 0.6) is 0 Å². The van der Waals surface area contributed by atoms with E-state index in [0.29, 0.717) is 34.6 Å². The van der Waals surface area contributed by atoms with Gasteiger partial charge in [0.15, 0.2) is 11.5 Å². The minimum absolute atomic E-state index is 0.294. The monoisotopic (exact) mass is 363 g/mol. The van der Waals surface area contributed by atoms with Gasteiger partial charge in [0.2, 0.25) is 0 Å². The van der Waals surface area contributed by atoms with Crippen molar-refractivity contribution in [2.45, 2.75) is 20.0 Å². The summed E-state index contributed by atoms with van der Waals surface area (Å²) >= 11 is 12.1. The summed E-state index contributed by atoms with van der Waals surface area (Å²) in [5.74, 6) is 0.160. The third-order valence-corrected chi connectivity index (χ3v) is 4.01. The number of nitrogens with zero attached hydrogens (tertiary/aromatic N) is 4. The van der Waals surface area contributed by atoms with Crippen LogP contribution in [0.1, 0.15) is 23.0 Å². The van der Waals surface area contributed by atoms with Gasteiger partial charge in [-0.2, -0.15) is 10.2 Å². The fourth-order valence-electron chi connectivity index (χ4n) is 2.18. The Morgan fingerprint density at radius 2 is 1.92 bits per heavy atom. The molecule has 0 saturated heterocycles. The van der Waals surface area contributed by atoms with Crippen molar-refractivity contribution in [3.63, 3.8) is 0 Å². The molecule has 0 aliphatic heterocycles. The van der Waals surface area contributed by atoms with Crippen molar-refractivity contribution < 1.29 is 4.79 Å². The van der Waals surface area contributed by atoms with Crippen LogP contribution in [0.25, 0.3) is 0 Å². The van der Waals surface area contributed by atoms with E-state index in [9.17, 15) is 4.79 Å². The van der Waals surface area contributed by atoms with Crippen LogP contribution < -0.4 is 5.32 Å². The molecule has 0 radical (unpaired) electrons. The van der Waals surface area contributed by atoms with Crippen molar-refractivity contribution >= 4 is 34.9 Å². The Balaban J connectivity index is 1.68. The Bertz CT molecular complexity index is 871. The second-order valence-electron chi connectivity index (χ2n) is 5.15. The number of benzene rings is 1. The maximum absolute atomic E-state index is 12.1. The lowest BCUT2D eigenvalue weighted by Crippen LogP contribution is -2.14. The van der Waals surface area contributed by atoms with Crippen molar-refractivity contribution in [3.8, 4) is 0 Å². The molecule has 0 aliphatic rings. The molecule has 1 N–H and O–H groups in total. The van der Waals surface area contributed by atoms with Crippen LogP contribution in [0.15, 0.2) is 42.7 Å². The van der Waals surface area contributed by atoms with E-state index in [1.54, 1.807) is 46.0 Å². The van der Waals surface area contributed by atoms with E-state index < -0.39 is 0 Å². The Morgan fingerprint density at radius 3 is 2.62 bits per heavy atom. The van der Waals surface area contributed by atoms with Crippen molar-refractivity contribution in [3.05, 3.63) is 64.0 Å². The first-order valence-electron chi connectivity index (χ1n) is 7.37. The first-order valence-corrected chi connectivity index (χ1v) is 8.13. The largest absolute Gasteiger partial charge is 0.304 e. The third-order valence-electron chi connectivity index (χ3n) is 3.43. The van der Waals surface area contributed by atoms with E-state index in [-0.39, 0.29) is 5.91 Å². The topological polar surface area (TPSA) is 64.7 Å². The van der Waals surface area contributed by atoms with Crippen LogP contribution in [0, 0.1) is 0 Å². The first-order chi connectivity index (χ1) is 11.5. The molecule has 124 valence electrons. The van der Waals surface area contributed by atoms with Crippen LogP contribution in [-0.2, 0) is 13.1 Å². The van der Waals surface area contributed by atoms with Crippen LogP contribution in [0.4, 0.5) is 5.82 Å². The molecular weight excluding hydrogens is 349 g/mol. The number of hydrogen-bond acceptors (Lipinski definition) is 3. The average Bonchev–Trinajstić information content (AvgIpc) is 3.19. The van der Waals surface area contributed by atoms with Gasteiger partial charge in [0.1, 0.15) is 0 Å². The lowest BCUT2D eigenvalue weighted by Gasteiger charge is -2.05. The summed E-state index contributed by atoms with van der Waals surface area (Å²) < 4.78 is 3.38. The van der Waals surface area contributed by atoms with E-state index in [2.05, 4.69) is 15.5 Å². The predicted molar refractivity (Wildman–Crippen MR) is 93.6 cm³/mol. The number of nitrogens with one attached hydrogen (secondary N) is 1. The molecule has 0 saturated carbocycles. The number of hydrogen-bond donors (Lipinski definition) is 1. The molecule has 0 aliphatic carbocycles. The Morgan fingerprint density at radius 1 is 1.12 bits per heavy atom. The van der Waals surface area contributed by atoms with Gasteiger partial charge in [0, 0.05) is 35.1 Å². The van der Waals surface area contributed by atoms with Gasteiger partial charge in [-0.3, -0.25) is 14.2 Å². The summed E-state index contributed by atoms with van der Waals surface area (Å²) in [5, 5.41) is 12.4. The number of halogens is 2. The van der Waals surface area contributed by atoms with Crippen LogP contribution in [0.2, 0.25) is 10.0 Å². The molecule has 1 amide bonds. The van der Waals surface area contributed by atoms with Crippen molar-refractivity contribution in [2.75, 3.05) is 5.32 Å². The summed E-state index contributed by atoms with van der Waals surface area (Å²) in [6, 6.07) is 8.71. The van der Waals surface area contributed by atoms with Crippen LogP contribution in [-0.4, -0.2) is 25.5 Å². The summed E-state index contributed by atoms with van der Waals surface area (Å²) in [6.07, 6.45) is 3.53. The normalized spacial score (nSPS) is 10.8. The van der Waals surface area contributed by atoms with E-state index in [4.69, 9.17) is 23.2 Å². The fraction of sp³-hybridized carbons (Fsp3) is 0.188. The standard InChI is InChI=1S/C16H15Cl2N5O/c1-2-22-7-5-14(20-22)16(24)19-15-6-8-23(21-15)10-11-3-4-12(17)9-13(11)18/h3-9H,2,10H2,1H3,(H,19,21,24). The Labute approximate surface area is 149 Å². The number of carbonyl (C=O) groups is 1. The number of carbonyl (C=O) groups excluding carboxylic acids is 1. The van der Waals surface area contributed by atoms with Crippen molar-refractivity contribution in [2.24, 2.45) is 0 Å². The lowest BCUT2D eigenvalue weighted by molar-refractivity contribution is 0.102. The third kappa shape index (κ3) is 3.77. The first kappa shape index (κ1) is 16.5. The van der Waals surface area contributed by atoms with Crippen molar-refractivity contribution in [1.29, 1.82) is 0 Å². The fourth-order valence-corrected chi connectivity index (χ4v) is 2.65. The molecule has 8 heteroatoms. The van der Waals surface area contributed by atoms with Crippen LogP contribution >= 0.6 is 23.2 Å². The molecule has 24 heavy (non-hydrogen) atoms. The van der Waals surface area contributed by atoms with Gasteiger partial charge in [0.05, 0.1) is 6.54 Å². The summed E-state index contributed by atoms with van der Waals surface area (Å²) in [7, 11) is 0. The van der Waals surface area contributed by atoms with E-state index in [1.807, 2.05) is 13.0 Å². The minimum atomic E-state index is -0.294. The Kier molecular flexibility index (Phi) is 4.87. The molecule has 3 aromatic rings. The highest BCUT2D eigenvalue weighted by atomic mass is 35.5. The average molecular weight is 364 g/mol. The van der Waals surface area contributed by atoms with Gasteiger partial charge in [-0.15, -0.1) is 0 Å². The summed E-state index contributed by atoms with van der Waals surface area (Å²) in [6.45, 7) is 3.15. The zero-order valence-corrected chi connectivity index (χ0v) is 14.4. The molecule has 0 bridgehead atoms. The number of anilines is 1. The number of amides is 1. The molecule has 2 heterocycles. The minimum Gasteiger partial charge on any atom is -0.304 e. The molecule has 0 unspecified atom stereocenters. The zero-order valence-electron chi connectivity index (χ0n) is 12.9. The number of aromatic nitrogens is 4. The number of aryl methyl sites for hydroxylation is 1. The Hall–Kier alpha value is -2.31. The maximum Gasteiger partial charge on any atom is 0.277 e. The molecule has 1 aromatic carbocycles.